The number of phenols is 1. The molecule has 0 aliphatic carbocycles. The van der Waals surface area contributed by atoms with Crippen LogP contribution in [-0.2, 0) is 14.3 Å². The van der Waals surface area contributed by atoms with Crippen molar-refractivity contribution in [3.8, 4) is 5.75 Å². The van der Waals surface area contributed by atoms with Crippen molar-refractivity contribution in [3.63, 3.8) is 0 Å². The zero-order valence-electron chi connectivity index (χ0n) is 11.8. The molecule has 0 aromatic heterocycles. The second-order valence-electron chi connectivity index (χ2n) is 4.41. The monoisotopic (exact) mass is 267 g/mol. The number of aryl methyl sites for hydroxylation is 2. The van der Waals surface area contributed by atoms with Crippen molar-refractivity contribution in [3.05, 3.63) is 28.8 Å². The van der Waals surface area contributed by atoms with Crippen molar-refractivity contribution >= 4 is 5.97 Å². The summed E-state index contributed by atoms with van der Waals surface area (Å²) in [5, 5.41) is 12.8. The van der Waals surface area contributed by atoms with E-state index in [0.717, 1.165) is 16.7 Å². The predicted octanol–water partition coefficient (Wildman–Crippen LogP) is 1.46. The molecule has 5 nitrogen and oxygen atoms in total. The zero-order valence-corrected chi connectivity index (χ0v) is 11.8. The quantitative estimate of drug-likeness (QED) is 0.603. The molecule has 0 aliphatic heterocycles. The number of ether oxygens (including phenoxy) is 2. The van der Waals surface area contributed by atoms with Crippen LogP contribution in [-0.4, -0.2) is 38.4 Å². The van der Waals surface area contributed by atoms with Crippen molar-refractivity contribution in [1.82, 2.24) is 5.32 Å². The van der Waals surface area contributed by atoms with E-state index in [1.54, 1.807) is 33.1 Å². The molecular weight excluding hydrogens is 246 g/mol. The van der Waals surface area contributed by atoms with Crippen molar-refractivity contribution in [2.24, 2.45) is 0 Å². The third-order valence-corrected chi connectivity index (χ3v) is 2.94. The summed E-state index contributed by atoms with van der Waals surface area (Å²) in [7, 11) is 2.96. The van der Waals surface area contributed by atoms with E-state index in [9.17, 15) is 9.90 Å². The lowest BCUT2D eigenvalue weighted by Crippen LogP contribution is -2.32. The number of benzene rings is 1. The molecule has 0 radical (unpaired) electrons. The highest BCUT2D eigenvalue weighted by atomic mass is 16.5. The van der Waals surface area contributed by atoms with E-state index in [4.69, 9.17) is 9.47 Å². The molecule has 0 heterocycles. The number of esters is 1. The average molecular weight is 267 g/mol. The molecule has 0 amide bonds. The largest absolute Gasteiger partial charge is 0.507 e. The molecule has 1 aromatic carbocycles. The highest BCUT2D eigenvalue weighted by Crippen LogP contribution is 2.26. The van der Waals surface area contributed by atoms with Gasteiger partial charge >= 0.3 is 5.97 Å². The maximum Gasteiger partial charge on any atom is 0.327 e. The lowest BCUT2D eigenvalue weighted by Gasteiger charge is -2.18. The Kier molecular flexibility index (Phi) is 5.79. The summed E-state index contributed by atoms with van der Waals surface area (Å²) >= 11 is 0. The molecule has 1 aromatic rings. The van der Waals surface area contributed by atoms with Gasteiger partial charge in [0.25, 0.3) is 0 Å². The molecule has 19 heavy (non-hydrogen) atoms. The molecule has 0 bridgehead atoms. The minimum Gasteiger partial charge on any atom is -0.507 e. The van der Waals surface area contributed by atoms with Gasteiger partial charge in [-0.25, -0.2) is 4.79 Å². The number of methoxy groups -OCH3 is 2. The normalized spacial score (nSPS) is 12.2. The van der Waals surface area contributed by atoms with Crippen LogP contribution in [0.25, 0.3) is 0 Å². The molecule has 1 rings (SSSR count). The highest BCUT2D eigenvalue weighted by Gasteiger charge is 2.22. The second kappa shape index (κ2) is 7.11. The van der Waals surface area contributed by atoms with E-state index in [1.807, 2.05) is 0 Å². The van der Waals surface area contributed by atoms with Crippen LogP contribution in [0, 0.1) is 13.8 Å². The molecule has 2 N–H and O–H groups in total. The number of nitrogens with one attached hydrogen (secondary N) is 1. The van der Waals surface area contributed by atoms with Crippen LogP contribution in [0.2, 0.25) is 0 Å². The van der Waals surface area contributed by atoms with E-state index < -0.39 is 6.04 Å². The Hall–Kier alpha value is -1.59. The van der Waals surface area contributed by atoms with Gasteiger partial charge in [-0.05, 0) is 30.5 Å². The number of carbonyl (C=O) groups excluding carboxylic acids is 1. The number of rotatable bonds is 6. The van der Waals surface area contributed by atoms with E-state index >= 15 is 0 Å². The van der Waals surface area contributed by atoms with Gasteiger partial charge in [-0.15, -0.1) is 0 Å². The van der Waals surface area contributed by atoms with E-state index in [1.165, 1.54) is 7.11 Å². The Labute approximate surface area is 113 Å². The average Bonchev–Trinajstić information content (AvgIpc) is 2.39. The topological polar surface area (TPSA) is 67.8 Å². The Morgan fingerprint density at radius 2 is 1.89 bits per heavy atom. The number of phenolic OH excluding ortho intramolecular Hbond substituents is 1. The fourth-order valence-electron chi connectivity index (χ4n) is 1.92. The number of carbonyl (C=O) groups is 1. The minimum atomic E-state index is -0.557. The molecular formula is C14H21NO4. The summed E-state index contributed by atoms with van der Waals surface area (Å²) in [5.41, 5.74) is 2.24. The standard InChI is InChI=1S/C14H21NO4/c1-9-7-11(8-10(2)13(9)16)12(14(17)19-4)15-5-6-18-3/h7-8,12,15-16H,5-6H2,1-4H3. The van der Waals surface area contributed by atoms with Gasteiger partial charge in [0.05, 0.1) is 13.7 Å². The highest BCUT2D eigenvalue weighted by molar-refractivity contribution is 5.77. The summed E-state index contributed by atoms with van der Waals surface area (Å²) in [6.07, 6.45) is 0. The predicted molar refractivity (Wildman–Crippen MR) is 72.2 cm³/mol. The Morgan fingerprint density at radius 1 is 1.32 bits per heavy atom. The second-order valence-corrected chi connectivity index (χ2v) is 4.41. The van der Waals surface area contributed by atoms with Crippen LogP contribution in [0.3, 0.4) is 0 Å². The zero-order chi connectivity index (χ0) is 14.4. The van der Waals surface area contributed by atoms with Gasteiger partial charge in [0, 0.05) is 13.7 Å². The first-order valence-electron chi connectivity index (χ1n) is 6.11. The lowest BCUT2D eigenvalue weighted by molar-refractivity contribution is -0.143. The Balaban J connectivity index is 3.00. The van der Waals surface area contributed by atoms with Gasteiger partial charge in [-0.3, -0.25) is 5.32 Å². The summed E-state index contributed by atoms with van der Waals surface area (Å²) in [5.74, 6) is -0.107. The molecule has 5 heteroatoms. The first kappa shape index (κ1) is 15.5. The molecule has 0 saturated heterocycles. The van der Waals surface area contributed by atoms with Crippen LogP contribution in [0.5, 0.6) is 5.75 Å². The van der Waals surface area contributed by atoms with Crippen LogP contribution >= 0.6 is 0 Å². The summed E-state index contributed by atoms with van der Waals surface area (Å²) in [4.78, 5) is 11.8. The molecule has 1 unspecified atom stereocenters. The molecule has 106 valence electrons. The molecule has 0 spiro atoms. The van der Waals surface area contributed by atoms with Gasteiger partial charge in [0.2, 0.25) is 0 Å². The third kappa shape index (κ3) is 3.94. The Morgan fingerprint density at radius 3 is 2.37 bits per heavy atom. The van der Waals surface area contributed by atoms with Gasteiger partial charge in [0.15, 0.2) is 0 Å². The third-order valence-electron chi connectivity index (χ3n) is 2.94. The van der Waals surface area contributed by atoms with Crippen LogP contribution in [0.4, 0.5) is 0 Å². The smallest absolute Gasteiger partial charge is 0.327 e. The number of hydrogen-bond acceptors (Lipinski definition) is 5. The van der Waals surface area contributed by atoms with Crippen LogP contribution in [0.1, 0.15) is 22.7 Å². The summed E-state index contributed by atoms with van der Waals surface area (Å²) in [6, 6.07) is 3.01. The van der Waals surface area contributed by atoms with E-state index in [0.29, 0.717) is 13.2 Å². The fraction of sp³-hybridized carbons (Fsp3) is 0.500. The van der Waals surface area contributed by atoms with Crippen molar-refractivity contribution in [2.45, 2.75) is 19.9 Å². The van der Waals surface area contributed by atoms with Gasteiger partial charge < -0.3 is 14.6 Å². The van der Waals surface area contributed by atoms with Crippen LogP contribution < -0.4 is 5.32 Å². The maximum absolute atomic E-state index is 11.8. The first-order valence-corrected chi connectivity index (χ1v) is 6.11. The van der Waals surface area contributed by atoms with Crippen LogP contribution in [0.15, 0.2) is 12.1 Å². The van der Waals surface area contributed by atoms with Gasteiger partial charge in [-0.2, -0.15) is 0 Å². The van der Waals surface area contributed by atoms with Crippen molar-refractivity contribution < 1.29 is 19.4 Å². The Bertz CT molecular complexity index is 422. The maximum atomic E-state index is 11.8. The van der Waals surface area contributed by atoms with E-state index in [-0.39, 0.29) is 11.7 Å². The van der Waals surface area contributed by atoms with E-state index in [2.05, 4.69) is 5.32 Å². The molecule has 0 aliphatic rings. The number of aromatic hydroxyl groups is 1. The van der Waals surface area contributed by atoms with Gasteiger partial charge in [0.1, 0.15) is 11.8 Å². The number of hydrogen-bond donors (Lipinski definition) is 2. The summed E-state index contributed by atoms with van der Waals surface area (Å²) in [6.45, 7) is 4.64. The van der Waals surface area contributed by atoms with Crippen molar-refractivity contribution in [2.75, 3.05) is 27.4 Å². The SMILES string of the molecule is COCCNC(C(=O)OC)c1cc(C)c(O)c(C)c1. The van der Waals surface area contributed by atoms with Crippen molar-refractivity contribution in [1.29, 1.82) is 0 Å². The lowest BCUT2D eigenvalue weighted by atomic mass is 10.00. The first-order chi connectivity index (χ1) is 9.01. The molecule has 0 saturated carbocycles. The van der Waals surface area contributed by atoms with Gasteiger partial charge in [-0.1, -0.05) is 12.1 Å². The minimum absolute atomic E-state index is 0.254. The fourth-order valence-corrected chi connectivity index (χ4v) is 1.92. The summed E-state index contributed by atoms with van der Waals surface area (Å²) < 4.78 is 9.76. The molecule has 0 fully saturated rings. The molecule has 1 atom stereocenters.